The van der Waals surface area contributed by atoms with Gasteiger partial charge in [0.05, 0.1) is 20.9 Å². The number of hydrogen-bond acceptors (Lipinski definition) is 3. The summed E-state index contributed by atoms with van der Waals surface area (Å²) >= 11 is 4.70. The van der Waals surface area contributed by atoms with Gasteiger partial charge in [0.2, 0.25) is 5.25 Å². The standard InChI is InChI=1S/C3H3B2ClO4/c4-2(5,1(7)8)3(6,9)10/h9-10H,(H,7,8). The molecule has 0 aromatic heterocycles. The fourth-order valence-corrected chi connectivity index (χ4v) is 0.217. The maximum atomic E-state index is 10.0. The van der Waals surface area contributed by atoms with Crippen molar-refractivity contribution in [3.8, 4) is 0 Å². The highest BCUT2D eigenvalue weighted by Crippen LogP contribution is 2.33. The molecule has 0 heterocycles. The fourth-order valence-electron chi connectivity index (χ4n) is 0.136. The Labute approximate surface area is 64.6 Å². The van der Waals surface area contributed by atoms with Crippen LogP contribution in [0.4, 0.5) is 0 Å². The Hall–Kier alpha value is -0.190. The van der Waals surface area contributed by atoms with E-state index < -0.39 is 16.4 Å². The van der Waals surface area contributed by atoms with Crippen LogP contribution in [0.3, 0.4) is 0 Å². The van der Waals surface area contributed by atoms with Crippen molar-refractivity contribution in [2.24, 2.45) is 0 Å². The normalized spacial score (nSPS) is 13.1. The minimum Gasteiger partial charge on any atom is -0.482 e. The number of alkyl halides is 1. The molecule has 0 amide bonds. The summed E-state index contributed by atoms with van der Waals surface area (Å²) in [5.41, 5.74) is 0. The molecule has 0 unspecified atom stereocenters. The maximum absolute atomic E-state index is 10.0. The molecule has 52 valence electrons. The molecule has 4 nitrogen and oxygen atoms in total. The quantitative estimate of drug-likeness (QED) is 0.258. The minimum atomic E-state index is -3.15. The molecule has 0 fully saturated rings. The Kier molecular flexibility index (Phi) is 2.40. The zero-order valence-corrected chi connectivity index (χ0v) is 5.54. The number of aliphatic carboxylic acids is 1. The highest BCUT2D eigenvalue weighted by molar-refractivity contribution is 6.54. The highest BCUT2D eigenvalue weighted by Gasteiger charge is 2.45. The SMILES string of the molecule is [B]C([B])(C(=O)O)C(O)(O)Cl. The van der Waals surface area contributed by atoms with E-state index >= 15 is 0 Å². The summed E-state index contributed by atoms with van der Waals surface area (Å²) in [6.45, 7) is 0. The molecule has 0 spiro atoms. The molecular weight excluding hydrogens is 157 g/mol. The molecule has 0 aliphatic carbocycles. The molecule has 4 radical (unpaired) electrons. The number of hydrogen-bond donors (Lipinski definition) is 3. The van der Waals surface area contributed by atoms with Crippen LogP contribution < -0.4 is 0 Å². The van der Waals surface area contributed by atoms with Gasteiger partial charge in [0.1, 0.15) is 0 Å². The van der Waals surface area contributed by atoms with E-state index in [4.69, 9.17) is 26.9 Å². The number of carboxylic acid groups (broad SMARTS) is 1. The lowest BCUT2D eigenvalue weighted by molar-refractivity contribution is -0.155. The monoisotopic (exact) mass is 160 g/mol. The molecule has 0 saturated heterocycles. The number of halogens is 1. The molecule has 3 N–H and O–H groups in total. The first-order valence-electron chi connectivity index (χ1n) is 2.14. The van der Waals surface area contributed by atoms with E-state index in [-0.39, 0.29) is 0 Å². The van der Waals surface area contributed by atoms with Gasteiger partial charge in [0.15, 0.2) is 0 Å². The van der Waals surface area contributed by atoms with Crippen molar-refractivity contribution in [2.45, 2.75) is 10.5 Å². The zero-order chi connectivity index (χ0) is 8.58. The Morgan fingerprint density at radius 1 is 1.40 bits per heavy atom. The molecule has 0 aliphatic rings. The van der Waals surface area contributed by atoms with E-state index in [0.29, 0.717) is 0 Å². The van der Waals surface area contributed by atoms with Gasteiger partial charge in [-0.1, -0.05) is 11.6 Å². The maximum Gasteiger partial charge on any atom is 0.298 e. The second-order valence-electron chi connectivity index (χ2n) is 1.76. The summed E-state index contributed by atoms with van der Waals surface area (Å²) in [6.07, 6.45) is 0. The van der Waals surface area contributed by atoms with Crippen LogP contribution >= 0.6 is 11.6 Å². The van der Waals surface area contributed by atoms with Crippen LogP contribution in [0, 0.1) is 0 Å². The molecule has 0 bridgehead atoms. The van der Waals surface area contributed by atoms with Gasteiger partial charge in [-0.05, 0) is 0 Å². The Morgan fingerprint density at radius 2 is 1.70 bits per heavy atom. The van der Waals surface area contributed by atoms with E-state index in [0.717, 1.165) is 0 Å². The summed E-state index contributed by atoms with van der Waals surface area (Å²) < 4.78 is 0. The van der Waals surface area contributed by atoms with Crippen molar-refractivity contribution in [1.29, 1.82) is 0 Å². The predicted octanol–water partition coefficient (Wildman–Crippen LogP) is -1.60. The fraction of sp³-hybridized carbons (Fsp3) is 0.667. The van der Waals surface area contributed by atoms with Gasteiger partial charge in [-0.25, -0.2) is 0 Å². The van der Waals surface area contributed by atoms with Crippen molar-refractivity contribution in [3.63, 3.8) is 0 Å². The lowest BCUT2D eigenvalue weighted by Crippen LogP contribution is -2.44. The van der Waals surface area contributed by atoms with E-state index in [1.54, 1.807) is 0 Å². The van der Waals surface area contributed by atoms with E-state index in [2.05, 4.69) is 15.7 Å². The number of aliphatic hydroxyl groups is 2. The lowest BCUT2D eigenvalue weighted by atomic mass is 9.53. The average Bonchev–Trinajstić information content (AvgIpc) is 1.62. The molecule has 0 saturated carbocycles. The topological polar surface area (TPSA) is 77.8 Å². The summed E-state index contributed by atoms with van der Waals surface area (Å²) in [5.74, 6) is -1.81. The third-order valence-electron chi connectivity index (χ3n) is 0.880. The van der Waals surface area contributed by atoms with Crippen LogP contribution in [0.5, 0.6) is 0 Å². The van der Waals surface area contributed by atoms with Crippen molar-refractivity contribution in [2.75, 3.05) is 0 Å². The largest absolute Gasteiger partial charge is 0.482 e. The van der Waals surface area contributed by atoms with Crippen LogP contribution in [0.2, 0.25) is 5.21 Å². The van der Waals surface area contributed by atoms with Crippen LogP contribution in [-0.4, -0.2) is 42.2 Å². The van der Waals surface area contributed by atoms with Gasteiger partial charge >= 0.3 is 0 Å². The van der Waals surface area contributed by atoms with Gasteiger partial charge < -0.3 is 15.3 Å². The number of carbonyl (C=O) groups is 1. The lowest BCUT2D eigenvalue weighted by Gasteiger charge is -2.29. The van der Waals surface area contributed by atoms with Gasteiger partial charge in [-0.2, -0.15) is 0 Å². The summed E-state index contributed by atoms with van der Waals surface area (Å²) in [7, 11) is 9.37. The van der Waals surface area contributed by atoms with Gasteiger partial charge in [-0.3, -0.25) is 4.79 Å². The smallest absolute Gasteiger partial charge is 0.298 e. The molecule has 0 aliphatic heterocycles. The molecule has 0 rings (SSSR count). The molecule has 10 heavy (non-hydrogen) atoms. The summed E-state index contributed by atoms with van der Waals surface area (Å²) in [4.78, 5) is 10.0. The van der Waals surface area contributed by atoms with E-state index in [1.165, 1.54) is 0 Å². The molecule has 7 heteroatoms. The Morgan fingerprint density at radius 3 is 1.70 bits per heavy atom. The summed E-state index contributed by atoms with van der Waals surface area (Å²) in [6, 6.07) is 0. The molecule has 0 aromatic carbocycles. The minimum absolute atomic E-state index is 1.81. The molecule has 0 atom stereocenters. The van der Waals surface area contributed by atoms with Gasteiger partial charge in [0, 0.05) is 0 Å². The first-order valence-corrected chi connectivity index (χ1v) is 2.52. The Balaban J connectivity index is 4.57. The van der Waals surface area contributed by atoms with Gasteiger partial charge in [0.25, 0.3) is 5.97 Å². The number of rotatable bonds is 2. The van der Waals surface area contributed by atoms with Crippen LogP contribution in [-0.2, 0) is 4.79 Å². The molecular formula is C3H3B2ClO4. The van der Waals surface area contributed by atoms with Crippen LogP contribution in [0.15, 0.2) is 0 Å². The van der Waals surface area contributed by atoms with Crippen LogP contribution in [0.1, 0.15) is 0 Å². The third-order valence-corrected chi connectivity index (χ3v) is 1.19. The number of carboxylic acids is 1. The van der Waals surface area contributed by atoms with Crippen molar-refractivity contribution < 1.29 is 20.1 Å². The average molecular weight is 160 g/mol. The first kappa shape index (κ1) is 9.81. The Bertz CT molecular complexity index is 151. The first-order chi connectivity index (χ1) is 4.19. The van der Waals surface area contributed by atoms with Crippen molar-refractivity contribution in [3.05, 3.63) is 0 Å². The third kappa shape index (κ3) is 1.65. The van der Waals surface area contributed by atoms with Gasteiger partial charge in [-0.15, -0.1) is 0 Å². The second-order valence-corrected chi connectivity index (χ2v) is 2.29. The predicted molar refractivity (Wildman–Crippen MR) is 34.9 cm³/mol. The van der Waals surface area contributed by atoms with Crippen LogP contribution in [0.25, 0.3) is 0 Å². The van der Waals surface area contributed by atoms with E-state index in [9.17, 15) is 4.79 Å². The molecule has 0 aromatic rings. The van der Waals surface area contributed by atoms with E-state index in [1.807, 2.05) is 0 Å². The zero-order valence-electron chi connectivity index (χ0n) is 4.78. The highest BCUT2D eigenvalue weighted by atomic mass is 35.5. The summed E-state index contributed by atoms with van der Waals surface area (Å²) in [5, 5.41) is 19.0. The van der Waals surface area contributed by atoms with Crippen molar-refractivity contribution >= 4 is 33.3 Å². The second kappa shape index (κ2) is 2.45. The van der Waals surface area contributed by atoms with Crippen molar-refractivity contribution in [1.82, 2.24) is 0 Å².